The Labute approximate surface area is 137 Å². The third kappa shape index (κ3) is 6.58. The molecular weight excluding hydrogens is 298 g/mol. The highest BCUT2D eigenvalue weighted by atomic mass is 32.1. The Morgan fingerprint density at radius 3 is 2.82 bits per heavy atom. The number of benzene rings is 1. The molecular formula is C16H24N3O2S+. The van der Waals surface area contributed by atoms with Crippen LogP contribution >= 0.6 is 12.2 Å². The average molecular weight is 322 g/mol. The van der Waals surface area contributed by atoms with Gasteiger partial charge in [-0.25, -0.2) is 0 Å². The van der Waals surface area contributed by atoms with E-state index in [4.69, 9.17) is 21.7 Å². The van der Waals surface area contributed by atoms with Gasteiger partial charge in [0.05, 0.1) is 13.2 Å². The number of hydrogen-bond acceptors (Lipinski definition) is 3. The lowest BCUT2D eigenvalue weighted by atomic mass is 10.2. The minimum absolute atomic E-state index is 0.504. The van der Waals surface area contributed by atoms with Crippen LogP contribution in [-0.2, 0) is 0 Å². The number of hydrazine groups is 1. The second-order valence-electron chi connectivity index (χ2n) is 4.40. The molecule has 0 radical (unpaired) electrons. The van der Waals surface area contributed by atoms with Crippen molar-refractivity contribution in [2.75, 3.05) is 19.8 Å². The fraction of sp³-hybridized carbons (Fsp3) is 0.375. The first kappa shape index (κ1) is 18.0. The van der Waals surface area contributed by atoms with Gasteiger partial charge in [-0.1, -0.05) is 13.0 Å². The molecule has 0 bridgehead atoms. The molecule has 0 aromatic heterocycles. The summed E-state index contributed by atoms with van der Waals surface area (Å²) in [6, 6.07) is 5.77. The molecule has 3 N–H and O–H groups in total. The van der Waals surface area contributed by atoms with Crippen LogP contribution in [0.25, 0.3) is 0 Å². The van der Waals surface area contributed by atoms with Gasteiger partial charge < -0.3 is 14.8 Å². The molecule has 1 aromatic rings. The summed E-state index contributed by atoms with van der Waals surface area (Å²) in [4.78, 5) is 0. The Morgan fingerprint density at radius 1 is 1.32 bits per heavy atom. The van der Waals surface area contributed by atoms with Crippen molar-refractivity contribution in [3.63, 3.8) is 0 Å². The maximum atomic E-state index is 5.67. The maximum Gasteiger partial charge on any atom is 0.224 e. The van der Waals surface area contributed by atoms with Crippen LogP contribution in [0.5, 0.6) is 11.5 Å². The Kier molecular flexibility index (Phi) is 8.67. The van der Waals surface area contributed by atoms with E-state index in [1.54, 1.807) is 12.3 Å². The summed E-state index contributed by atoms with van der Waals surface area (Å²) < 4.78 is 11.3. The van der Waals surface area contributed by atoms with E-state index in [-0.39, 0.29) is 0 Å². The van der Waals surface area contributed by atoms with E-state index in [0.717, 1.165) is 23.5 Å². The fourth-order valence-corrected chi connectivity index (χ4v) is 1.75. The van der Waals surface area contributed by atoms with Crippen molar-refractivity contribution in [3.05, 3.63) is 36.4 Å². The van der Waals surface area contributed by atoms with Crippen molar-refractivity contribution in [3.8, 4) is 11.5 Å². The molecule has 0 fully saturated rings. The van der Waals surface area contributed by atoms with Crippen molar-refractivity contribution in [2.45, 2.75) is 20.3 Å². The summed E-state index contributed by atoms with van der Waals surface area (Å²) in [5.41, 5.74) is 3.81. The fourth-order valence-electron chi connectivity index (χ4n) is 1.61. The highest BCUT2D eigenvalue weighted by Gasteiger charge is 2.06. The van der Waals surface area contributed by atoms with Gasteiger partial charge in [0.25, 0.3) is 0 Å². The van der Waals surface area contributed by atoms with Crippen LogP contribution in [0, 0.1) is 0 Å². The summed E-state index contributed by atoms with van der Waals surface area (Å²) in [6.07, 6.45) is 4.50. The van der Waals surface area contributed by atoms with E-state index in [1.807, 2.05) is 25.1 Å². The third-order valence-corrected chi connectivity index (χ3v) is 2.81. The number of hydrazone groups is 1. The Hall–Kier alpha value is -2.08. The maximum absolute atomic E-state index is 5.67. The number of rotatable bonds is 9. The quantitative estimate of drug-likeness (QED) is 0.273. The Morgan fingerprint density at radius 2 is 2.14 bits per heavy atom. The molecule has 0 aliphatic carbocycles. The molecule has 0 aliphatic heterocycles. The van der Waals surface area contributed by atoms with Crippen molar-refractivity contribution in [1.29, 1.82) is 0 Å². The molecule has 0 saturated heterocycles. The van der Waals surface area contributed by atoms with Gasteiger partial charge >= 0.3 is 0 Å². The number of hydrogen-bond donors (Lipinski definition) is 3. The van der Waals surface area contributed by atoms with E-state index in [0.29, 0.717) is 24.9 Å². The topological polar surface area (TPSA) is 56.5 Å². The van der Waals surface area contributed by atoms with Crippen LogP contribution in [0.2, 0.25) is 0 Å². The lowest BCUT2D eigenvalue weighted by Crippen LogP contribution is -2.82. The van der Waals surface area contributed by atoms with Crippen molar-refractivity contribution in [1.82, 2.24) is 10.7 Å². The minimum Gasteiger partial charge on any atom is -0.490 e. The van der Waals surface area contributed by atoms with Crippen molar-refractivity contribution in [2.24, 2.45) is 0 Å². The van der Waals surface area contributed by atoms with Gasteiger partial charge in [0, 0.05) is 12.1 Å². The third-order valence-electron chi connectivity index (χ3n) is 2.56. The summed E-state index contributed by atoms with van der Waals surface area (Å²) in [6.45, 7) is 9.51. The van der Waals surface area contributed by atoms with Gasteiger partial charge in [0.15, 0.2) is 17.7 Å². The van der Waals surface area contributed by atoms with Gasteiger partial charge in [0.1, 0.15) is 0 Å². The lowest BCUT2D eigenvalue weighted by Gasteiger charge is -2.11. The van der Waals surface area contributed by atoms with E-state index in [1.165, 1.54) is 0 Å². The lowest BCUT2D eigenvalue weighted by molar-refractivity contribution is -0.500. The van der Waals surface area contributed by atoms with E-state index in [2.05, 4.69) is 29.3 Å². The summed E-state index contributed by atoms with van der Waals surface area (Å²) >= 11 is 5.07. The molecule has 0 saturated carbocycles. The van der Waals surface area contributed by atoms with Gasteiger partial charge in [-0.05, 0) is 43.8 Å². The second-order valence-corrected chi connectivity index (χ2v) is 4.81. The van der Waals surface area contributed by atoms with Gasteiger partial charge in [-0.15, -0.1) is 17.1 Å². The van der Waals surface area contributed by atoms with Crippen molar-refractivity contribution >= 4 is 23.5 Å². The van der Waals surface area contributed by atoms with Crippen LogP contribution in [0.15, 0.2) is 30.9 Å². The van der Waals surface area contributed by atoms with Crippen LogP contribution in [0.4, 0.5) is 0 Å². The molecule has 22 heavy (non-hydrogen) atoms. The largest absolute Gasteiger partial charge is 0.490 e. The molecule has 1 aromatic carbocycles. The molecule has 120 valence electrons. The van der Waals surface area contributed by atoms with Gasteiger partial charge in [-0.3, -0.25) is 0 Å². The van der Waals surface area contributed by atoms with Crippen LogP contribution < -0.4 is 25.3 Å². The molecule has 1 rings (SSSR count). The number of ether oxygens (including phenoxy) is 2. The molecule has 0 spiro atoms. The highest BCUT2D eigenvalue weighted by Crippen LogP contribution is 2.27. The predicted octanol–water partition coefficient (Wildman–Crippen LogP) is 0.939. The highest BCUT2D eigenvalue weighted by molar-refractivity contribution is 7.80. The molecule has 0 atom stereocenters. The zero-order valence-electron chi connectivity index (χ0n) is 13.1. The number of thiocarbonyl (C=S) groups is 1. The van der Waals surface area contributed by atoms with E-state index >= 15 is 0 Å². The smallest absolute Gasteiger partial charge is 0.224 e. The first-order valence-corrected chi connectivity index (χ1v) is 7.75. The standard InChI is InChI=1S/C16H23N3O2S/c1-4-9-17-16(22)19-18-12-13-7-8-14(21-10-5-2)15(11-13)20-6-3/h4,7-8,11-12H,1,5-6,9-10H2,2-3H3,(H2,17,19,22)/p+1. The van der Waals surface area contributed by atoms with Gasteiger partial charge in [0.2, 0.25) is 5.11 Å². The SMILES string of the molecule is C=CCNC(=S)N[NH+]=Cc1ccc(OCCC)c(OCC)c1. The van der Waals surface area contributed by atoms with Crippen molar-refractivity contribution < 1.29 is 14.6 Å². The normalized spacial score (nSPS) is 10.3. The van der Waals surface area contributed by atoms with E-state index in [9.17, 15) is 0 Å². The molecule has 6 heteroatoms. The number of nitrogens with one attached hydrogen (secondary N) is 3. The first-order chi connectivity index (χ1) is 10.7. The summed E-state index contributed by atoms with van der Waals surface area (Å²) in [5.74, 6) is 1.50. The zero-order valence-corrected chi connectivity index (χ0v) is 14.0. The Bertz CT molecular complexity index is 518. The minimum atomic E-state index is 0.504. The van der Waals surface area contributed by atoms with E-state index < -0.39 is 0 Å². The summed E-state index contributed by atoms with van der Waals surface area (Å²) in [7, 11) is 0. The molecule has 0 aliphatic rings. The van der Waals surface area contributed by atoms with Crippen LogP contribution in [0.1, 0.15) is 25.8 Å². The average Bonchev–Trinajstić information content (AvgIpc) is 2.52. The zero-order chi connectivity index (χ0) is 16.2. The monoisotopic (exact) mass is 322 g/mol. The second kappa shape index (κ2) is 10.6. The molecule has 0 heterocycles. The summed E-state index contributed by atoms with van der Waals surface area (Å²) in [5, 5.41) is 6.39. The van der Waals surface area contributed by atoms with Crippen LogP contribution in [-0.4, -0.2) is 31.1 Å². The van der Waals surface area contributed by atoms with Crippen LogP contribution in [0.3, 0.4) is 0 Å². The Balaban J connectivity index is 2.68. The molecule has 0 amide bonds. The molecule has 5 nitrogen and oxygen atoms in total. The first-order valence-electron chi connectivity index (χ1n) is 7.34. The predicted molar refractivity (Wildman–Crippen MR) is 93.5 cm³/mol. The molecule has 0 unspecified atom stereocenters. The van der Waals surface area contributed by atoms with Gasteiger partial charge in [-0.2, -0.15) is 0 Å².